The molecular formula is C14H24N2O7. The second kappa shape index (κ2) is 8.87. The molecule has 0 fully saturated rings. The maximum absolute atomic E-state index is 10.0. The summed E-state index contributed by atoms with van der Waals surface area (Å²) < 4.78 is 5.31. The predicted molar refractivity (Wildman–Crippen MR) is 82.7 cm³/mol. The Morgan fingerprint density at radius 3 is 2.04 bits per heavy atom. The molecule has 1 aromatic carbocycles. The summed E-state index contributed by atoms with van der Waals surface area (Å²) in [5, 5.41) is 56.4. The Morgan fingerprint density at radius 2 is 1.48 bits per heavy atom. The number of nitrogens with two attached hydrogens (primary N) is 2. The fraction of sp³-hybridized carbons (Fsp3) is 0.571. The minimum atomic E-state index is -1.74. The Balaban J connectivity index is 2.96. The number of aliphatic hydroxyl groups excluding tert-OH is 6. The summed E-state index contributed by atoms with van der Waals surface area (Å²) in [7, 11) is 0. The standard InChI is InChI=1S/C14H24N2O7/c15-8-1-2-9(16)14(23-4-3-17)7(8)5-10(19)12(21)13(22)11(20)6-18/h1-2,10-13,17-22H,3-6,15-16H2. The lowest BCUT2D eigenvalue weighted by Crippen LogP contribution is -2.46. The number of aliphatic hydroxyl groups is 6. The normalized spacial score (nSPS) is 16.6. The molecule has 0 aliphatic heterocycles. The molecule has 0 bridgehead atoms. The molecule has 132 valence electrons. The van der Waals surface area contributed by atoms with Gasteiger partial charge in [-0.1, -0.05) is 0 Å². The number of hydrogen-bond acceptors (Lipinski definition) is 9. The van der Waals surface area contributed by atoms with E-state index >= 15 is 0 Å². The molecule has 4 unspecified atom stereocenters. The molecule has 0 saturated heterocycles. The van der Waals surface area contributed by atoms with Crippen molar-refractivity contribution < 1.29 is 35.4 Å². The first-order valence-corrected chi connectivity index (χ1v) is 7.07. The molecule has 1 rings (SSSR count). The van der Waals surface area contributed by atoms with Crippen LogP contribution in [0.5, 0.6) is 5.75 Å². The Morgan fingerprint density at radius 1 is 0.913 bits per heavy atom. The highest BCUT2D eigenvalue weighted by Crippen LogP contribution is 2.33. The van der Waals surface area contributed by atoms with Crippen LogP contribution in [0, 0.1) is 0 Å². The van der Waals surface area contributed by atoms with Crippen LogP contribution in [0.25, 0.3) is 0 Å². The molecule has 4 atom stereocenters. The predicted octanol–water partition coefficient (Wildman–Crippen LogP) is -2.80. The van der Waals surface area contributed by atoms with Gasteiger partial charge in [0.1, 0.15) is 30.7 Å². The van der Waals surface area contributed by atoms with Gasteiger partial charge in [-0.2, -0.15) is 0 Å². The molecule has 10 N–H and O–H groups in total. The lowest BCUT2D eigenvalue weighted by molar-refractivity contribution is -0.114. The van der Waals surface area contributed by atoms with E-state index in [0.29, 0.717) is 5.56 Å². The molecule has 23 heavy (non-hydrogen) atoms. The summed E-state index contributed by atoms with van der Waals surface area (Å²) in [6.07, 6.45) is -6.76. The lowest BCUT2D eigenvalue weighted by Gasteiger charge is -2.26. The number of rotatable bonds is 9. The van der Waals surface area contributed by atoms with Gasteiger partial charge in [-0.25, -0.2) is 0 Å². The van der Waals surface area contributed by atoms with Gasteiger partial charge in [-0.3, -0.25) is 0 Å². The molecular weight excluding hydrogens is 308 g/mol. The van der Waals surface area contributed by atoms with E-state index in [4.69, 9.17) is 26.4 Å². The van der Waals surface area contributed by atoms with Crippen molar-refractivity contribution in [1.29, 1.82) is 0 Å². The third-order valence-corrected chi connectivity index (χ3v) is 3.40. The van der Waals surface area contributed by atoms with Gasteiger partial charge in [-0.05, 0) is 12.1 Å². The number of nitrogen functional groups attached to an aromatic ring is 2. The summed E-state index contributed by atoms with van der Waals surface area (Å²) in [5.41, 5.74) is 12.4. The fourth-order valence-corrected chi connectivity index (χ4v) is 2.08. The number of anilines is 2. The molecule has 0 amide bonds. The zero-order valence-corrected chi connectivity index (χ0v) is 12.5. The Bertz CT molecular complexity index is 500. The summed E-state index contributed by atoms with van der Waals surface area (Å²) >= 11 is 0. The highest BCUT2D eigenvalue weighted by molar-refractivity contribution is 5.66. The van der Waals surface area contributed by atoms with Crippen molar-refractivity contribution in [3.8, 4) is 5.75 Å². The second-order valence-electron chi connectivity index (χ2n) is 5.13. The average Bonchev–Trinajstić information content (AvgIpc) is 2.55. The van der Waals surface area contributed by atoms with Crippen LogP contribution >= 0.6 is 0 Å². The maximum atomic E-state index is 10.0. The molecule has 0 saturated carbocycles. The quantitative estimate of drug-likeness (QED) is 0.221. The van der Waals surface area contributed by atoms with Gasteiger partial charge in [0, 0.05) is 17.7 Å². The highest BCUT2D eigenvalue weighted by atomic mass is 16.5. The summed E-state index contributed by atoms with van der Waals surface area (Å²) in [6, 6.07) is 2.99. The van der Waals surface area contributed by atoms with Crippen LogP contribution in [-0.2, 0) is 6.42 Å². The van der Waals surface area contributed by atoms with Crippen molar-refractivity contribution in [2.24, 2.45) is 0 Å². The smallest absolute Gasteiger partial charge is 0.147 e. The van der Waals surface area contributed by atoms with Crippen molar-refractivity contribution >= 4 is 11.4 Å². The van der Waals surface area contributed by atoms with E-state index < -0.39 is 31.0 Å². The van der Waals surface area contributed by atoms with E-state index in [-0.39, 0.29) is 36.8 Å². The monoisotopic (exact) mass is 332 g/mol. The molecule has 9 heteroatoms. The topological polar surface area (TPSA) is 183 Å². The second-order valence-corrected chi connectivity index (χ2v) is 5.13. The summed E-state index contributed by atoms with van der Waals surface area (Å²) in [4.78, 5) is 0. The number of ether oxygens (including phenoxy) is 1. The molecule has 0 aliphatic carbocycles. The van der Waals surface area contributed by atoms with Crippen molar-refractivity contribution in [3.63, 3.8) is 0 Å². The first-order valence-electron chi connectivity index (χ1n) is 7.07. The zero-order valence-electron chi connectivity index (χ0n) is 12.5. The van der Waals surface area contributed by atoms with Gasteiger partial charge >= 0.3 is 0 Å². The van der Waals surface area contributed by atoms with Gasteiger partial charge < -0.3 is 46.8 Å². The molecule has 0 spiro atoms. The first-order chi connectivity index (χ1) is 10.8. The van der Waals surface area contributed by atoms with Gasteiger partial charge in [0.2, 0.25) is 0 Å². The first kappa shape index (κ1) is 19.4. The highest BCUT2D eigenvalue weighted by Gasteiger charge is 2.31. The van der Waals surface area contributed by atoms with Crippen molar-refractivity contribution in [1.82, 2.24) is 0 Å². The average molecular weight is 332 g/mol. The molecule has 0 heterocycles. The van der Waals surface area contributed by atoms with E-state index in [9.17, 15) is 20.4 Å². The third kappa shape index (κ3) is 4.93. The minimum Gasteiger partial charge on any atom is -0.489 e. The summed E-state index contributed by atoms with van der Waals surface area (Å²) in [5.74, 6) is 0.169. The van der Waals surface area contributed by atoms with E-state index in [1.807, 2.05) is 0 Å². The van der Waals surface area contributed by atoms with Crippen molar-refractivity contribution in [2.75, 3.05) is 31.3 Å². The molecule has 0 aromatic heterocycles. The van der Waals surface area contributed by atoms with Crippen LogP contribution in [0.15, 0.2) is 12.1 Å². The van der Waals surface area contributed by atoms with E-state index in [1.165, 1.54) is 12.1 Å². The van der Waals surface area contributed by atoms with E-state index in [2.05, 4.69) is 0 Å². The SMILES string of the molecule is Nc1ccc(N)c(OCCO)c1CC(O)C(O)C(O)C(O)CO. The van der Waals surface area contributed by atoms with Gasteiger partial charge in [0.05, 0.1) is 25.0 Å². The van der Waals surface area contributed by atoms with Crippen LogP contribution in [-0.4, -0.2) is 74.9 Å². The van der Waals surface area contributed by atoms with Crippen LogP contribution < -0.4 is 16.2 Å². The largest absolute Gasteiger partial charge is 0.489 e. The van der Waals surface area contributed by atoms with E-state index in [1.54, 1.807) is 0 Å². The number of hydrogen-bond donors (Lipinski definition) is 8. The Kier molecular flexibility index (Phi) is 7.49. The molecule has 0 aliphatic rings. The van der Waals surface area contributed by atoms with Crippen LogP contribution in [0.4, 0.5) is 11.4 Å². The zero-order chi connectivity index (χ0) is 17.6. The molecule has 1 aromatic rings. The van der Waals surface area contributed by atoms with Gasteiger partial charge in [0.15, 0.2) is 0 Å². The number of benzene rings is 1. The maximum Gasteiger partial charge on any atom is 0.147 e. The summed E-state index contributed by atoms with van der Waals surface area (Å²) in [6.45, 7) is -1.05. The van der Waals surface area contributed by atoms with Crippen molar-refractivity contribution in [2.45, 2.75) is 30.8 Å². The van der Waals surface area contributed by atoms with Crippen molar-refractivity contribution in [3.05, 3.63) is 17.7 Å². The minimum absolute atomic E-state index is 0.0366. The molecule has 0 radical (unpaired) electrons. The van der Waals surface area contributed by atoms with Crippen LogP contribution in [0.3, 0.4) is 0 Å². The van der Waals surface area contributed by atoms with Gasteiger partial charge in [-0.15, -0.1) is 0 Å². The van der Waals surface area contributed by atoms with E-state index in [0.717, 1.165) is 0 Å². The fourth-order valence-electron chi connectivity index (χ4n) is 2.08. The Labute approximate surface area is 133 Å². The molecule has 9 nitrogen and oxygen atoms in total. The Hall–Kier alpha value is -1.62. The van der Waals surface area contributed by atoms with Crippen LogP contribution in [0.2, 0.25) is 0 Å². The third-order valence-electron chi connectivity index (χ3n) is 3.40. The lowest BCUT2D eigenvalue weighted by atomic mass is 9.96. The van der Waals surface area contributed by atoms with Crippen LogP contribution in [0.1, 0.15) is 5.56 Å². The van der Waals surface area contributed by atoms with Gasteiger partial charge in [0.25, 0.3) is 0 Å².